The van der Waals surface area contributed by atoms with E-state index in [9.17, 15) is 34.0 Å². The van der Waals surface area contributed by atoms with E-state index < -0.39 is 38.4 Å². The summed E-state index contributed by atoms with van der Waals surface area (Å²) < 4.78 is 82.4. The Bertz CT molecular complexity index is 5610. The first-order valence-corrected chi connectivity index (χ1v) is 35.9. The number of rotatable bonds is 36. The Hall–Kier alpha value is -11.2. The van der Waals surface area contributed by atoms with Gasteiger partial charge in [0.05, 0.1) is 73.0 Å². The molecule has 0 N–H and O–H groups in total. The van der Waals surface area contributed by atoms with Crippen LogP contribution in [0, 0.1) is 5.21 Å². The first-order chi connectivity index (χ1) is 53.8. The topological polar surface area (TPSA) is 294 Å². The van der Waals surface area contributed by atoms with Crippen molar-refractivity contribution in [3.63, 3.8) is 0 Å². The first kappa shape index (κ1) is 82.3. The van der Waals surface area contributed by atoms with Gasteiger partial charge in [-0.25, -0.2) is 28.8 Å². The summed E-state index contributed by atoms with van der Waals surface area (Å²) in [7, 11) is 9.65. The van der Waals surface area contributed by atoms with Crippen molar-refractivity contribution in [3.05, 3.63) is 267 Å². The highest BCUT2D eigenvalue weighted by atomic mass is 16.6. The number of hydrogen-bond donors (Lipinski definition) is 0. The van der Waals surface area contributed by atoms with Crippen LogP contribution in [-0.4, -0.2) is 156 Å². The van der Waals surface area contributed by atoms with Crippen molar-refractivity contribution in [2.75, 3.05) is 141 Å². The van der Waals surface area contributed by atoms with Crippen LogP contribution in [0.15, 0.2) is 238 Å². The molecule has 0 amide bonds. The number of nitrogens with zero attached hydrogens (tertiary/aromatic N) is 3. The van der Waals surface area contributed by atoms with Crippen molar-refractivity contribution in [3.8, 4) is 50.6 Å². The summed E-state index contributed by atoms with van der Waals surface area (Å²) in [6, 6.07) is 41.4. The Morgan fingerprint density at radius 1 is 0.396 bits per heavy atom. The minimum Gasteiger partial charge on any atom is -0.632 e. The smallest absolute Gasteiger partial charge is 0.344 e. The summed E-state index contributed by atoms with van der Waals surface area (Å²) in [5, 5.41) is 17.7. The first-order valence-electron chi connectivity index (χ1n) is 35.9. The zero-order valence-corrected chi connectivity index (χ0v) is 63.6. The Balaban J connectivity index is 0.000000177. The number of fused-ring (bicyclic) bond motifs is 6. The van der Waals surface area contributed by atoms with Crippen LogP contribution in [0.4, 0.5) is 0 Å². The highest BCUT2D eigenvalue weighted by molar-refractivity contribution is 6.00. The van der Waals surface area contributed by atoms with Gasteiger partial charge in [-0.15, -0.1) is 0 Å². The van der Waals surface area contributed by atoms with Crippen molar-refractivity contribution in [2.24, 2.45) is 0 Å². The maximum Gasteiger partial charge on any atom is 0.344 e. The molecule has 0 aliphatic heterocycles. The fraction of sp³-hybridized carbons (Fsp3) is 0.302. The number of methoxy groups -OCH3 is 6. The van der Waals surface area contributed by atoms with E-state index >= 15 is 0 Å². The largest absolute Gasteiger partial charge is 0.632 e. The monoisotopic (exact) mass is 1520 g/mol. The van der Waals surface area contributed by atoms with Gasteiger partial charge in [0.25, 0.3) is 0 Å². The van der Waals surface area contributed by atoms with Crippen molar-refractivity contribution in [1.82, 2.24) is 9.80 Å². The number of hydroxylamine groups is 3. The average Bonchev–Trinajstić information content (AvgIpc) is 0.768. The van der Waals surface area contributed by atoms with Crippen molar-refractivity contribution in [1.29, 1.82) is 0 Å². The predicted molar refractivity (Wildman–Crippen MR) is 427 cm³/mol. The molecule has 582 valence electrons. The second-order valence-electron chi connectivity index (χ2n) is 26.1. The van der Waals surface area contributed by atoms with Crippen LogP contribution >= 0.6 is 0 Å². The van der Waals surface area contributed by atoms with Gasteiger partial charge < -0.3 is 79.0 Å². The average molecular weight is 1520 g/mol. The molecule has 0 bridgehead atoms. The van der Waals surface area contributed by atoms with Gasteiger partial charge in [0, 0.05) is 149 Å². The van der Waals surface area contributed by atoms with E-state index in [0.29, 0.717) is 178 Å². The maximum atomic E-state index is 13.8. The van der Waals surface area contributed by atoms with Crippen molar-refractivity contribution in [2.45, 2.75) is 33.5 Å². The van der Waals surface area contributed by atoms with Crippen LogP contribution in [0.3, 0.4) is 0 Å². The van der Waals surface area contributed by atoms with Gasteiger partial charge in [0.15, 0.2) is 5.58 Å². The van der Waals surface area contributed by atoms with E-state index in [1.807, 2.05) is 74.5 Å². The molecule has 12 aromatic rings. The number of ether oxygens (including phenoxy) is 9. The van der Waals surface area contributed by atoms with Gasteiger partial charge in [-0.3, -0.25) is 9.80 Å². The maximum absolute atomic E-state index is 13.8. The van der Waals surface area contributed by atoms with Crippen LogP contribution in [0.5, 0.6) is 17.2 Å². The molecule has 6 heterocycles. The zero-order valence-electron chi connectivity index (χ0n) is 63.6. The molecule has 0 unspecified atom stereocenters. The Kier molecular flexibility index (Phi) is 29.6. The molecule has 0 radical (unpaired) electrons. The van der Waals surface area contributed by atoms with Crippen molar-refractivity contribution >= 4 is 65.8 Å². The van der Waals surface area contributed by atoms with E-state index in [1.165, 1.54) is 32.4 Å². The number of benzene rings is 6. The minimum absolute atomic E-state index is 0.0741. The molecule has 6 aromatic heterocycles. The lowest BCUT2D eigenvalue weighted by atomic mass is 9.99. The Morgan fingerprint density at radius 2 is 0.712 bits per heavy atom. The van der Waals surface area contributed by atoms with Crippen LogP contribution in [-0.2, 0) is 48.1 Å². The molecule has 6 aromatic carbocycles. The Labute approximate surface area is 638 Å². The SMILES string of the molecule is C=CCOc1ccc2c(-c3cc4ccccc4oc3=O)cc(=O)oc2c1CN(CCOC)CCOC.C=CCOc1ccc2c(-c3cc4ccccc4oc3=O)cc(=O)oc2c1C[N+]([O-])(CCOC)CCOC.COCCN(CCOC)Cc1c(OCC=C(C)C)ccc2c(-c3cc4ccccc4oc3=O)cc(=O)oc12. The van der Waals surface area contributed by atoms with Crippen LogP contribution in [0.25, 0.3) is 99.2 Å². The van der Waals surface area contributed by atoms with Gasteiger partial charge in [-0.05, 0) is 92.7 Å². The molecular weight excluding hydrogens is 1430 g/mol. The third-order valence-electron chi connectivity index (χ3n) is 18.2. The van der Waals surface area contributed by atoms with Gasteiger partial charge >= 0.3 is 33.8 Å². The molecule has 12 rings (SSSR count). The highest BCUT2D eigenvalue weighted by Crippen LogP contribution is 2.39. The van der Waals surface area contributed by atoms with Crippen LogP contribution in [0.1, 0.15) is 30.5 Å². The summed E-state index contributed by atoms with van der Waals surface area (Å²) in [5.74, 6) is 1.54. The number of hydrogen-bond acceptors (Lipinski definition) is 24. The summed E-state index contributed by atoms with van der Waals surface area (Å²) in [6.07, 6.45) is 5.21. The number of allylic oxidation sites excluding steroid dienone is 1. The van der Waals surface area contributed by atoms with Crippen LogP contribution < -0.4 is 48.0 Å². The second kappa shape index (κ2) is 40.0. The molecule has 0 aliphatic rings. The Morgan fingerprint density at radius 3 is 1.04 bits per heavy atom. The molecule has 0 saturated carbocycles. The second-order valence-corrected chi connectivity index (χ2v) is 26.1. The molecule has 25 heteroatoms. The van der Waals surface area contributed by atoms with Gasteiger partial charge in [0.2, 0.25) is 0 Å². The van der Waals surface area contributed by atoms with Crippen molar-refractivity contribution < 1.29 is 73.8 Å². The fourth-order valence-corrected chi connectivity index (χ4v) is 12.6. The van der Waals surface area contributed by atoms with E-state index in [2.05, 4.69) is 23.0 Å². The highest BCUT2D eigenvalue weighted by Gasteiger charge is 2.28. The number of para-hydroxylation sites is 3. The molecule has 25 nitrogen and oxygen atoms in total. The van der Waals surface area contributed by atoms with E-state index in [0.717, 1.165) is 16.3 Å². The van der Waals surface area contributed by atoms with E-state index in [4.69, 9.17) is 69.1 Å². The lowest BCUT2D eigenvalue weighted by molar-refractivity contribution is -0.894. The molecular formula is C86H91N3O22. The third-order valence-corrected chi connectivity index (χ3v) is 18.2. The minimum atomic E-state index is -0.697. The summed E-state index contributed by atoms with van der Waals surface area (Å²) in [4.78, 5) is 81.5. The molecule has 0 aliphatic carbocycles. The lowest BCUT2D eigenvalue weighted by Crippen LogP contribution is -2.46. The third kappa shape index (κ3) is 21.0. The fourth-order valence-electron chi connectivity index (χ4n) is 12.6. The van der Waals surface area contributed by atoms with Gasteiger partial charge in [-0.2, -0.15) is 0 Å². The van der Waals surface area contributed by atoms with E-state index in [-0.39, 0.29) is 62.8 Å². The van der Waals surface area contributed by atoms with Crippen LogP contribution in [0.2, 0.25) is 0 Å². The van der Waals surface area contributed by atoms with E-state index in [1.54, 1.807) is 113 Å². The summed E-state index contributed by atoms with van der Waals surface area (Å²) in [6.45, 7) is 18.4. The number of quaternary nitrogens is 1. The molecule has 0 saturated heterocycles. The lowest BCUT2D eigenvalue weighted by Gasteiger charge is -2.42. The standard InChI is InChI=1S/C30H33NO7.C28H29NO8.C28H29NO7/c1-20(2)11-14-36-27-10-9-22-23(24-17-21-7-5-6-8-26(21)37-30(24)33)18-28(32)38-29(22)25(27)19-31(12-15-34-3)13-16-35-4;1-4-13-35-25-10-9-20-21(22-16-19-7-5-6-8-24(19)36-28(22)31)17-26(30)37-27(20)23(25)18-29(32,11-14-33-2)12-15-34-3;1-4-13-34-25-10-9-20-21(22-16-19-7-5-6-8-24(19)35-28(22)31)17-26(30)36-27(20)23(25)18-29(11-14-32-2)12-15-33-3/h5-11,17-18H,12-16,19H2,1-4H3;4-10,16-17H,1,11-15,18H2,2-3H3;4-10,16-17H,1,11-15,18H2,2-3H3. The molecule has 0 fully saturated rings. The van der Waals surface area contributed by atoms with Gasteiger partial charge in [0.1, 0.15) is 84.6 Å². The quantitative estimate of drug-likeness (QED) is 0.0152. The molecule has 111 heavy (non-hydrogen) atoms. The molecule has 0 atom stereocenters. The predicted octanol–water partition coefficient (Wildman–Crippen LogP) is 13.5. The zero-order chi connectivity index (χ0) is 79.0. The normalized spacial score (nSPS) is 11.5. The molecule has 0 spiro atoms. The summed E-state index contributed by atoms with van der Waals surface area (Å²) >= 11 is 0. The summed E-state index contributed by atoms with van der Waals surface area (Å²) in [5.41, 5.74) is 3.80. The van der Waals surface area contributed by atoms with Gasteiger partial charge in [-0.1, -0.05) is 85.5 Å².